The van der Waals surface area contributed by atoms with Gasteiger partial charge in [0.15, 0.2) is 0 Å². The van der Waals surface area contributed by atoms with Crippen molar-refractivity contribution in [2.45, 2.75) is 108 Å². The van der Waals surface area contributed by atoms with Crippen molar-refractivity contribution in [2.75, 3.05) is 0 Å². The summed E-state index contributed by atoms with van der Waals surface area (Å²) in [5.41, 5.74) is -2.08. The van der Waals surface area contributed by atoms with Crippen molar-refractivity contribution in [1.29, 1.82) is 0 Å². The molecule has 0 aromatic carbocycles. The summed E-state index contributed by atoms with van der Waals surface area (Å²) < 4.78 is 78.1. The molecule has 0 aromatic heterocycles. The third-order valence-electron chi connectivity index (χ3n) is 9.12. The van der Waals surface area contributed by atoms with Crippen molar-refractivity contribution in [2.24, 2.45) is 23.2 Å². The van der Waals surface area contributed by atoms with Crippen LogP contribution in [0.2, 0.25) is 0 Å². The average molecular weight is 525 g/mol. The van der Waals surface area contributed by atoms with Gasteiger partial charge in [-0.05, 0) is 85.7 Å². The molecule has 0 bridgehead atoms. The summed E-state index contributed by atoms with van der Waals surface area (Å²) in [4.78, 5) is 0. The summed E-state index contributed by atoms with van der Waals surface area (Å²) in [7, 11) is 0. The fourth-order valence-electron chi connectivity index (χ4n) is 7.00. The maximum Gasteiger partial charge on any atom is 0.426 e. The molecule has 3 rings (SSSR count). The van der Waals surface area contributed by atoms with Crippen LogP contribution in [0.15, 0.2) is 35.5 Å². The average Bonchev–Trinajstić information content (AvgIpc) is 3.11. The van der Waals surface area contributed by atoms with E-state index in [0.29, 0.717) is 12.0 Å². The summed E-state index contributed by atoms with van der Waals surface area (Å²) in [5.74, 6) is 0.355. The van der Waals surface area contributed by atoms with Crippen LogP contribution in [0.25, 0.3) is 0 Å². The third-order valence-corrected chi connectivity index (χ3v) is 9.12. The van der Waals surface area contributed by atoms with E-state index in [1.807, 2.05) is 13.0 Å². The van der Waals surface area contributed by atoms with Gasteiger partial charge in [0.2, 0.25) is 0 Å². The van der Waals surface area contributed by atoms with Gasteiger partial charge < -0.3 is 15.3 Å². The van der Waals surface area contributed by atoms with Crippen LogP contribution in [0.5, 0.6) is 0 Å². The summed E-state index contributed by atoms with van der Waals surface area (Å²) >= 11 is 0. The Hall–Kier alpha value is -1.32. The minimum absolute atomic E-state index is 0.0770. The van der Waals surface area contributed by atoms with E-state index in [0.717, 1.165) is 37.7 Å². The first-order valence-electron chi connectivity index (χ1n) is 12.8. The van der Waals surface area contributed by atoms with Crippen LogP contribution in [-0.2, 0) is 0 Å². The zero-order valence-corrected chi connectivity index (χ0v) is 20.9. The van der Waals surface area contributed by atoms with Crippen LogP contribution in [0.4, 0.5) is 26.3 Å². The number of hydrogen-bond acceptors (Lipinski definition) is 3. The second-order valence-electron chi connectivity index (χ2n) is 11.4. The smallest absolute Gasteiger partial charge is 0.393 e. The molecule has 1 unspecified atom stereocenters. The lowest BCUT2D eigenvalue weighted by molar-refractivity contribution is -0.370. The van der Waals surface area contributed by atoms with Crippen molar-refractivity contribution in [3.05, 3.63) is 35.5 Å². The van der Waals surface area contributed by atoms with Gasteiger partial charge in [-0.15, -0.1) is 0 Å². The molecule has 3 nitrogen and oxygen atoms in total. The minimum Gasteiger partial charge on any atom is -0.393 e. The van der Waals surface area contributed by atoms with Crippen molar-refractivity contribution in [1.82, 2.24) is 0 Å². The highest BCUT2D eigenvalue weighted by atomic mass is 19.4. The number of hydrogen-bond donors (Lipinski definition) is 3. The SMILES string of the molecule is C=C1C(=CC=C2CCC[C@@]3(C)C([C@H](C)CCCC(O)(C(F)(F)F)C(F)(F)F)CC[C@H]23)C[C@@H](O)C[C@@H]1O. The lowest BCUT2D eigenvalue weighted by Gasteiger charge is -2.44. The molecular weight excluding hydrogens is 486 g/mol. The standard InChI is InChI=1S/C27H38F6O3/c1-16(6-4-13-25(36,26(28,29)30)27(31,32)33)21-10-11-22-18(7-5-12-24(21,22)3)8-9-19-14-20(34)15-23(35)17(19)2/h8-9,16,20-23,34-36H,2,4-7,10-15H2,1,3H3/t16-,20-,21?,22-,23+,24+/m1/s1. The van der Waals surface area contributed by atoms with Crippen molar-refractivity contribution < 1.29 is 41.7 Å². The first-order chi connectivity index (χ1) is 16.5. The Morgan fingerprint density at radius 1 is 1.08 bits per heavy atom. The number of aliphatic hydroxyl groups is 3. The molecule has 0 amide bonds. The summed E-state index contributed by atoms with van der Waals surface area (Å²) in [6.45, 7) is 8.03. The minimum atomic E-state index is -5.77. The topological polar surface area (TPSA) is 60.7 Å². The van der Waals surface area contributed by atoms with Gasteiger partial charge in [0.05, 0.1) is 12.2 Å². The molecule has 3 saturated carbocycles. The molecule has 0 heterocycles. The first-order valence-corrected chi connectivity index (χ1v) is 12.8. The number of allylic oxidation sites excluding steroid dienone is 3. The van der Waals surface area contributed by atoms with Gasteiger partial charge in [-0.1, -0.05) is 44.6 Å². The molecule has 3 aliphatic rings. The van der Waals surface area contributed by atoms with Gasteiger partial charge in [0.25, 0.3) is 5.60 Å². The number of rotatable bonds is 6. The fourth-order valence-corrected chi connectivity index (χ4v) is 7.00. The number of aliphatic hydroxyl groups excluding tert-OH is 2. The predicted molar refractivity (Wildman–Crippen MR) is 125 cm³/mol. The highest BCUT2D eigenvalue weighted by Gasteiger charge is 2.69. The second-order valence-corrected chi connectivity index (χ2v) is 11.4. The molecule has 9 heteroatoms. The second kappa shape index (κ2) is 10.4. The van der Waals surface area contributed by atoms with Gasteiger partial charge in [-0.3, -0.25) is 0 Å². The van der Waals surface area contributed by atoms with E-state index in [4.69, 9.17) is 0 Å². The highest BCUT2D eigenvalue weighted by Crippen LogP contribution is 2.60. The number of halogens is 6. The molecule has 0 saturated heterocycles. The number of fused-ring (bicyclic) bond motifs is 1. The largest absolute Gasteiger partial charge is 0.426 e. The molecule has 0 aliphatic heterocycles. The zero-order valence-electron chi connectivity index (χ0n) is 20.9. The van der Waals surface area contributed by atoms with Crippen LogP contribution in [0.1, 0.15) is 78.1 Å². The van der Waals surface area contributed by atoms with E-state index in [1.54, 1.807) is 0 Å². The summed E-state index contributed by atoms with van der Waals surface area (Å²) in [6, 6.07) is 0. The van der Waals surface area contributed by atoms with E-state index in [-0.39, 0.29) is 42.4 Å². The van der Waals surface area contributed by atoms with Gasteiger partial charge in [0, 0.05) is 6.42 Å². The Bertz CT molecular complexity index is 860. The molecule has 0 aromatic rings. The van der Waals surface area contributed by atoms with Crippen LogP contribution >= 0.6 is 0 Å². The summed E-state index contributed by atoms with van der Waals surface area (Å²) in [6.07, 6.45) is -5.24. The third kappa shape index (κ3) is 5.58. The van der Waals surface area contributed by atoms with E-state index in [1.165, 1.54) is 5.57 Å². The van der Waals surface area contributed by atoms with Gasteiger partial charge in [0.1, 0.15) is 0 Å². The quantitative estimate of drug-likeness (QED) is 0.336. The van der Waals surface area contributed by atoms with Crippen LogP contribution in [-0.4, -0.2) is 45.5 Å². The van der Waals surface area contributed by atoms with Crippen molar-refractivity contribution in [3.8, 4) is 0 Å². The Morgan fingerprint density at radius 2 is 1.72 bits per heavy atom. The Labute approximate surface area is 209 Å². The first kappa shape index (κ1) is 29.2. The van der Waals surface area contributed by atoms with Gasteiger partial charge >= 0.3 is 12.4 Å². The molecule has 0 spiro atoms. The monoisotopic (exact) mass is 524 g/mol. The molecule has 206 valence electrons. The molecule has 6 atom stereocenters. The van der Waals surface area contributed by atoms with Crippen LogP contribution in [0.3, 0.4) is 0 Å². The van der Waals surface area contributed by atoms with E-state index >= 15 is 0 Å². The molecule has 3 aliphatic carbocycles. The Morgan fingerprint density at radius 3 is 2.33 bits per heavy atom. The van der Waals surface area contributed by atoms with Gasteiger partial charge in [-0.25, -0.2) is 0 Å². The number of alkyl halides is 6. The van der Waals surface area contributed by atoms with Crippen LogP contribution in [0, 0.1) is 23.2 Å². The maximum atomic E-state index is 13.0. The van der Waals surface area contributed by atoms with Crippen molar-refractivity contribution in [3.63, 3.8) is 0 Å². The van der Waals surface area contributed by atoms with Crippen LogP contribution < -0.4 is 0 Å². The molecular formula is C27H38F6O3. The normalized spacial score (nSPS) is 35.4. The lowest BCUT2D eigenvalue weighted by atomic mass is 9.60. The van der Waals surface area contributed by atoms with E-state index in [2.05, 4.69) is 19.6 Å². The highest BCUT2D eigenvalue weighted by molar-refractivity contribution is 5.38. The fraction of sp³-hybridized carbons (Fsp3) is 0.778. The predicted octanol–water partition coefficient (Wildman–Crippen LogP) is 6.79. The van der Waals surface area contributed by atoms with E-state index in [9.17, 15) is 41.7 Å². The van der Waals surface area contributed by atoms with E-state index < -0.39 is 36.6 Å². The Kier molecular flexibility index (Phi) is 8.48. The molecule has 3 fully saturated rings. The van der Waals surface area contributed by atoms with Gasteiger partial charge in [-0.2, -0.15) is 26.3 Å². The Balaban J connectivity index is 1.69. The molecule has 36 heavy (non-hydrogen) atoms. The lowest BCUT2D eigenvalue weighted by Crippen LogP contribution is -2.56. The molecule has 3 N–H and O–H groups in total. The maximum absolute atomic E-state index is 13.0. The molecule has 0 radical (unpaired) electrons. The summed E-state index contributed by atoms with van der Waals surface area (Å²) in [5, 5.41) is 29.5. The van der Waals surface area contributed by atoms with Crippen molar-refractivity contribution >= 4 is 0 Å². The zero-order chi connectivity index (χ0) is 27.1.